The highest BCUT2D eigenvalue weighted by Crippen LogP contribution is 2.29. The summed E-state index contributed by atoms with van der Waals surface area (Å²) in [5.41, 5.74) is 4.90. The summed E-state index contributed by atoms with van der Waals surface area (Å²) in [7, 11) is 0. The minimum Gasteiger partial charge on any atom is -0.459 e. The van der Waals surface area contributed by atoms with Crippen LogP contribution in [0.5, 0.6) is 5.75 Å². The Morgan fingerprint density at radius 2 is 1.03 bits per heavy atom. The van der Waals surface area contributed by atoms with Gasteiger partial charge in [-0.1, -0.05) is 84.9 Å². The molecule has 0 bridgehead atoms. The third-order valence-electron chi connectivity index (χ3n) is 6.69. The molecule has 1 fully saturated rings. The molecule has 0 aromatic heterocycles. The molecule has 4 aromatic rings. The van der Waals surface area contributed by atoms with Gasteiger partial charge in [-0.15, -0.1) is 0 Å². The fourth-order valence-corrected chi connectivity index (χ4v) is 4.61. The first kappa shape index (κ1) is 23.6. The van der Waals surface area contributed by atoms with E-state index >= 15 is 0 Å². The molecule has 180 valence electrons. The fraction of sp³-hybridized carbons (Fsp3) is 0.188. The van der Waals surface area contributed by atoms with Gasteiger partial charge in [0.1, 0.15) is 11.9 Å². The van der Waals surface area contributed by atoms with Crippen molar-refractivity contribution in [3.63, 3.8) is 0 Å². The lowest BCUT2D eigenvalue weighted by Crippen LogP contribution is -2.30. The molecule has 1 saturated carbocycles. The number of ether oxygens (including phenoxy) is 2. The van der Waals surface area contributed by atoms with E-state index in [1.807, 2.05) is 97.1 Å². The highest BCUT2D eigenvalue weighted by atomic mass is 16.5. The zero-order valence-electron chi connectivity index (χ0n) is 20.0. The maximum Gasteiger partial charge on any atom is 0.338 e. The van der Waals surface area contributed by atoms with Gasteiger partial charge in [0.25, 0.3) is 0 Å². The SMILES string of the molecule is O=C(OC1CCC(C(=O)Oc2ccc(-c3ccccc3)cc2)CC1)c1ccc(-c2ccccc2)cc1. The van der Waals surface area contributed by atoms with Crippen molar-refractivity contribution < 1.29 is 19.1 Å². The first-order chi connectivity index (χ1) is 17.7. The summed E-state index contributed by atoms with van der Waals surface area (Å²) in [6.45, 7) is 0. The molecular weight excluding hydrogens is 448 g/mol. The second kappa shape index (κ2) is 11.0. The lowest BCUT2D eigenvalue weighted by Gasteiger charge is -2.27. The van der Waals surface area contributed by atoms with Gasteiger partial charge in [-0.25, -0.2) is 4.79 Å². The number of hydrogen-bond donors (Lipinski definition) is 0. The summed E-state index contributed by atoms with van der Waals surface area (Å²) < 4.78 is 11.4. The van der Waals surface area contributed by atoms with Gasteiger partial charge >= 0.3 is 11.9 Å². The maximum absolute atomic E-state index is 12.7. The van der Waals surface area contributed by atoms with E-state index in [0.29, 0.717) is 37.0 Å². The number of carbonyl (C=O) groups excluding carboxylic acids is 2. The molecule has 0 unspecified atom stereocenters. The number of hydrogen-bond acceptors (Lipinski definition) is 4. The first-order valence-electron chi connectivity index (χ1n) is 12.4. The van der Waals surface area contributed by atoms with Crippen LogP contribution in [0.4, 0.5) is 0 Å². The summed E-state index contributed by atoms with van der Waals surface area (Å²) in [6.07, 6.45) is 2.42. The first-order valence-corrected chi connectivity index (χ1v) is 12.4. The molecule has 0 radical (unpaired) electrons. The zero-order chi connectivity index (χ0) is 24.7. The van der Waals surface area contributed by atoms with Crippen LogP contribution in [-0.2, 0) is 9.53 Å². The average Bonchev–Trinajstić information content (AvgIpc) is 2.95. The van der Waals surface area contributed by atoms with Crippen LogP contribution in [0.1, 0.15) is 36.0 Å². The van der Waals surface area contributed by atoms with E-state index in [1.165, 1.54) is 0 Å². The molecule has 0 aliphatic heterocycles. The molecule has 0 saturated heterocycles. The third-order valence-corrected chi connectivity index (χ3v) is 6.69. The molecule has 5 rings (SSSR count). The lowest BCUT2D eigenvalue weighted by atomic mass is 9.87. The van der Waals surface area contributed by atoms with Crippen LogP contribution in [-0.4, -0.2) is 18.0 Å². The van der Waals surface area contributed by atoms with E-state index in [0.717, 1.165) is 22.3 Å². The van der Waals surface area contributed by atoms with Gasteiger partial charge in [0.2, 0.25) is 0 Å². The van der Waals surface area contributed by atoms with Crippen molar-refractivity contribution in [1.29, 1.82) is 0 Å². The minimum atomic E-state index is -0.320. The smallest absolute Gasteiger partial charge is 0.338 e. The molecule has 36 heavy (non-hydrogen) atoms. The fourth-order valence-electron chi connectivity index (χ4n) is 4.61. The quantitative estimate of drug-likeness (QED) is 0.216. The molecule has 4 heteroatoms. The molecule has 4 aromatic carbocycles. The highest BCUT2D eigenvalue weighted by molar-refractivity contribution is 5.90. The van der Waals surface area contributed by atoms with Crippen LogP contribution in [0.2, 0.25) is 0 Å². The van der Waals surface area contributed by atoms with Crippen molar-refractivity contribution in [2.45, 2.75) is 31.8 Å². The number of rotatable bonds is 6. The standard InChI is InChI=1S/C32H28O4/c33-31(27-13-11-25(12-14-27)23-7-3-1-4-8-23)36-30-21-17-28(18-22-30)32(34)35-29-19-15-26(16-20-29)24-9-5-2-6-10-24/h1-16,19-20,28,30H,17-18,21-22H2. The summed E-state index contributed by atoms with van der Waals surface area (Å²) >= 11 is 0. The number of esters is 2. The van der Waals surface area contributed by atoms with Gasteiger partial charge in [-0.05, 0) is 72.2 Å². The van der Waals surface area contributed by atoms with Gasteiger partial charge in [0.05, 0.1) is 11.5 Å². The molecule has 1 aliphatic rings. The van der Waals surface area contributed by atoms with Crippen molar-refractivity contribution in [3.8, 4) is 28.0 Å². The molecule has 0 N–H and O–H groups in total. The van der Waals surface area contributed by atoms with E-state index < -0.39 is 0 Å². The maximum atomic E-state index is 12.7. The second-order valence-corrected chi connectivity index (χ2v) is 9.13. The van der Waals surface area contributed by atoms with E-state index in [1.54, 1.807) is 12.1 Å². The van der Waals surface area contributed by atoms with Crippen molar-refractivity contribution in [3.05, 3.63) is 115 Å². The monoisotopic (exact) mass is 476 g/mol. The minimum absolute atomic E-state index is 0.180. The Morgan fingerprint density at radius 1 is 0.556 bits per heavy atom. The number of carbonyl (C=O) groups is 2. The third kappa shape index (κ3) is 5.72. The van der Waals surface area contributed by atoms with Crippen molar-refractivity contribution in [1.82, 2.24) is 0 Å². The highest BCUT2D eigenvalue weighted by Gasteiger charge is 2.29. The van der Waals surface area contributed by atoms with Crippen molar-refractivity contribution >= 4 is 11.9 Å². The molecule has 1 aliphatic carbocycles. The largest absolute Gasteiger partial charge is 0.459 e. The zero-order valence-corrected chi connectivity index (χ0v) is 20.0. The summed E-state index contributed by atoms with van der Waals surface area (Å²) in [5.74, 6) is -0.172. The van der Waals surface area contributed by atoms with Gasteiger partial charge in [-0.2, -0.15) is 0 Å². The number of benzene rings is 4. The van der Waals surface area contributed by atoms with E-state index in [-0.39, 0.29) is 24.0 Å². The second-order valence-electron chi connectivity index (χ2n) is 9.13. The molecular formula is C32H28O4. The van der Waals surface area contributed by atoms with Gasteiger partial charge in [0, 0.05) is 0 Å². The Hall–Kier alpha value is -4.18. The molecule has 0 atom stereocenters. The van der Waals surface area contributed by atoms with Crippen molar-refractivity contribution in [2.24, 2.45) is 5.92 Å². The summed E-state index contributed by atoms with van der Waals surface area (Å²) in [6, 6.07) is 35.2. The van der Waals surface area contributed by atoms with Gasteiger partial charge < -0.3 is 9.47 Å². The van der Waals surface area contributed by atoms with E-state index in [9.17, 15) is 9.59 Å². The van der Waals surface area contributed by atoms with Crippen LogP contribution in [0.3, 0.4) is 0 Å². The Bertz CT molecular complexity index is 1290. The predicted octanol–water partition coefficient (Wildman–Crippen LogP) is 7.34. The van der Waals surface area contributed by atoms with Crippen LogP contribution < -0.4 is 4.74 Å². The van der Waals surface area contributed by atoms with Crippen LogP contribution in [0.25, 0.3) is 22.3 Å². The van der Waals surface area contributed by atoms with E-state index in [2.05, 4.69) is 0 Å². The molecule has 0 spiro atoms. The van der Waals surface area contributed by atoms with Gasteiger partial charge in [0.15, 0.2) is 0 Å². The molecule has 0 heterocycles. The Balaban J connectivity index is 1.10. The lowest BCUT2D eigenvalue weighted by molar-refractivity contribution is -0.140. The van der Waals surface area contributed by atoms with Crippen LogP contribution in [0, 0.1) is 5.92 Å². The van der Waals surface area contributed by atoms with E-state index in [4.69, 9.17) is 9.47 Å². The topological polar surface area (TPSA) is 52.6 Å². The normalized spacial score (nSPS) is 17.2. The van der Waals surface area contributed by atoms with Gasteiger partial charge in [-0.3, -0.25) is 4.79 Å². The summed E-state index contributed by atoms with van der Waals surface area (Å²) in [4.78, 5) is 25.3. The Morgan fingerprint density at radius 3 is 1.56 bits per heavy atom. The predicted molar refractivity (Wildman–Crippen MR) is 141 cm³/mol. The summed E-state index contributed by atoms with van der Waals surface area (Å²) in [5, 5.41) is 0. The molecule has 0 amide bonds. The Labute approximate surface area is 211 Å². The average molecular weight is 477 g/mol. The van der Waals surface area contributed by atoms with Crippen LogP contribution >= 0.6 is 0 Å². The van der Waals surface area contributed by atoms with Crippen molar-refractivity contribution in [2.75, 3.05) is 0 Å². The van der Waals surface area contributed by atoms with Crippen LogP contribution in [0.15, 0.2) is 109 Å². The molecule has 4 nitrogen and oxygen atoms in total. The Kier molecular flexibility index (Phi) is 7.23.